The molecule has 0 aliphatic carbocycles. The van der Waals surface area contributed by atoms with E-state index in [1.54, 1.807) is 18.3 Å². The van der Waals surface area contributed by atoms with E-state index in [0.29, 0.717) is 4.88 Å². The van der Waals surface area contributed by atoms with Gasteiger partial charge in [-0.05, 0) is 24.3 Å². The van der Waals surface area contributed by atoms with Crippen molar-refractivity contribution >= 4 is 22.8 Å². The zero-order valence-electron chi connectivity index (χ0n) is 11.0. The summed E-state index contributed by atoms with van der Waals surface area (Å²) in [6.07, 6.45) is 3.98. The van der Waals surface area contributed by atoms with Gasteiger partial charge in [0.1, 0.15) is 6.54 Å². The molecule has 0 radical (unpaired) electrons. The van der Waals surface area contributed by atoms with Crippen LogP contribution in [0.5, 0.6) is 0 Å². The van der Waals surface area contributed by atoms with Gasteiger partial charge in [0, 0.05) is 19.2 Å². The largest absolute Gasteiger partial charge is 0.370 e. The van der Waals surface area contributed by atoms with Gasteiger partial charge >= 0.3 is 0 Å². The molecule has 3 rings (SSSR count). The number of Topliss-reactive ketones (excluding diaryl/α,β-unsaturated/α-hetero) is 1. The Hall–Kier alpha value is -1.95. The maximum Gasteiger partial charge on any atom is 0.269 e. The van der Waals surface area contributed by atoms with Gasteiger partial charge in [-0.2, -0.15) is 5.10 Å². The molecule has 1 saturated heterocycles. The summed E-state index contributed by atoms with van der Waals surface area (Å²) in [7, 11) is 0. The standard InChI is InChI=1S/C14H15N3O2S/c18-12(13-4-3-7-20-13)10-17-14(19)8-11(9-15-17)16-5-1-2-6-16/h3-4,7-9H,1-2,5-6,10H2. The molecule has 1 fully saturated rings. The molecule has 20 heavy (non-hydrogen) atoms. The van der Waals surface area contributed by atoms with Crippen LogP contribution >= 0.6 is 11.3 Å². The van der Waals surface area contributed by atoms with Crippen LogP contribution in [0.4, 0.5) is 5.69 Å². The molecule has 104 valence electrons. The minimum atomic E-state index is -0.223. The van der Waals surface area contributed by atoms with Gasteiger partial charge in [-0.3, -0.25) is 9.59 Å². The first-order valence-corrected chi connectivity index (χ1v) is 7.51. The van der Waals surface area contributed by atoms with Crippen LogP contribution in [0.25, 0.3) is 0 Å². The van der Waals surface area contributed by atoms with E-state index in [9.17, 15) is 9.59 Å². The van der Waals surface area contributed by atoms with Crippen LogP contribution in [-0.4, -0.2) is 28.7 Å². The van der Waals surface area contributed by atoms with Gasteiger partial charge in [0.2, 0.25) is 0 Å². The number of hydrogen-bond donors (Lipinski definition) is 0. The van der Waals surface area contributed by atoms with Crippen molar-refractivity contribution in [3.63, 3.8) is 0 Å². The summed E-state index contributed by atoms with van der Waals surface area (Å²) < 4.78 is 1.22. The number of anilines is 1. The number of thiophene rings is 1. The lowest BCUT2D eigenvalue weighted by Gasteiger charge is -2.16. The molecule has 0 aromatic carbocycles. The van der Waals surface area contributed by atoms with Gasteiger partial charge in [-0.1, -0.05) is 6.07 Å². The molecule has 0 unspecified atom stereocenters. The van der Waals surface area contributed by atoms with Crippen LogP contribution in [0.15, 0.2) is 34.6 Å². The third-order valence-corrected chi connectivity index (χ3v) is 4.33. The van der Waals surface area contributed by atoms with Crippen LogP contribution in [-0.2, 0) is 6.54 Å². The molecule has 5 nitrogen and oxygen atoms in total. The van der Waals surface area contributed by atoms with Crippen molar-refractivity contribution in [2.24, 2.45) is 0 Å². The molecule has 0 atom stereocenters. The lowest BCUT2D eigenvalue weighted by molar-refractivity contribution is 0.0969. The summed E-state index contributed by atoms with van der Waals surface area (Å²) in [6.45, 7) is 1.94. The van der Waals surface area contributed by atoms with Gasteiger partial charge in [0.15, 0.2) is 5.78 Å². The SMILES string of the molecule is O=C(Cn1ncc(N2CCCC2)cc1=O)c1cccs1. The minimum Gasteiger partial charge on any atom is -0.370 e. The predicted octanol–water partition coefficient (Wildman–Crippen LogP) is 1.79. The summed E-state index contributed by atoms with van der Waals surface area (Å²) in [5.41, 5.74) is 0.631. The van der Waals surface area contributed by atoms with Crippen molar-refractivity contribution in [1.29, 1.82) is 0 Å². The normalized spacial score (nSPS) is 14.7. The summed E-state index contributed by atoms with van der Waals surface area (Å²) in [6, 6.07) is 5.15. The van der Waals surface area contributed by atoms with Gasteiger partial charge < -0.3 is 4.90 Å². The molecule has 1 aliphatic rings. The topological polar surface area (TPSA) is 55.2 Å². The fourth-order valence-electron chi connectivity index (χ4n) is 2.34. The van der Waals surface area contributed by atoms with E-state index < -0.39 is 0 Å². The fourth-order valence-corrected chi connectivity index (χ4v) is 3.00. The van der Waals surface area contributed by atoms with Crippen LogP contribution in [0, 0.1) is 0 Å². The molecule has 2 aromatic heterocycles. The Bertz CT molecular complexity index is 657. The molecule has 6 heteroatoms. The number of carbonyl (C=O) groups excluding carboxylic acids is 1. The molecule has 0 spiro atoms. The van der Waals surface area contributed by atoms with Gasteiger partial charge in [-0.15, -0.1) is 11.3 Å². The molecule has 0 N–H and O–H groups in total. The number of hydrogen-bond acceptors (Lipinski definition) is 5. The van der Waals surface area contributed by atoms with Crippen LogP contribution in [0.3, 0.4) is 0 Å². The molecule has 3 heterocycles. The Labute approximate surface area is 120 Å². The lowest BCUT2D eigenvalue weighted by atomic mass is 10.3. The average Bonchev–Trinajstić information content (AvgIpc) is 3.14. The Balaban J connectivity index is 1.77. The lowest BCUT2D eigenvalue weighted by Crippen LogP contribution is -2.28. The molecule has 0 saturated carbocycles. The second kappa shape index (κ2) is 5.58. The first kappa shape index (κ1) is 13.1. The zero-order valence-corrected chi connectivity index (χ0v) is 11.8. The monoisotopic (exact) mass is 289 g/mol. The van der Waals surface area contributed by atoms with E-state index in [0.717, 1.165) is 31.6 Å². The second-order valence-electron chi connectivity index (χ2n) is 4.80. The number of aromatic nitrogens is 2. The first-order chi connectivity index (χ1) is 9.74. The van der Waals surface area contributed by atoms with Crippen molar-refractivity contribution < 1.29 is 4.79 Å². The third-order valence-electron chi connectivity index (χ3n) is 3.42. The maximum absolute atomic E-state index is 12.0. The van der Waals surface area contributed by atoms with Crippen LogP contribution < -0.4 is 10.5 Å². The molecule has 0 bridgehead atoms. The average molecular weight is 289 g/mol. The maximum atomic E-state index is 12.0. The van der Waals surface area contributed by atoms with Crippen molar-refractivity contribution in [1.82, 2.24) is 9.78 Å². The molecule has 0 amide bonds. The third kappa shape index (κ3) is 2.65. The summed E-state index contributed by atoms with van der Waals surface area (Å²) in [5.74, 6) is -0.0801. The van der Waals surface area contributed by atoms with E-state index in [1.165, 1.54) is 16.0 Å². The molecular formula is C14H15N3O2S. The summed E-state index contributed by atoms with van der Waals surface area (Å²) >= 11 is 1.38. The Kier molecular flexibility index (Phi) is 3.64. The number of rotatable bonds is 4. The van der Waals surface area contributed by atoms with Gasteiger partial charge in [0.25, 0.3) is 5.56 Å². The quantitative estimate of drug-likeness (QED) is 0.805. The first-order valence-electron chi connectivity index (χ1n) is 6.63. The Morgan fingerprint density at radius 3 is 2.80 bits per heavy atom. The fraction of sp³-hybridized carbons (Fsp3) is 0.357. The predicted molar refractivity (Wildman–Crippen MR) is 78.6 cm³/mol. The van der Waals surface area contributed by atoms with Crippen LogP contribution in [0.2, 0.25) is 0 Å². The molecular weight excluding hydrogens is 274 g/mol. The number of carbonyl (C=O) groups is 1. The highest BCUT2D eigenvalue weighted by Gasteiger charge is 2.15. The van der Waals surface area contributed by atoms with E-state index in [-0.39, 0.29) is 17.9 Å². The van der Waals surface area contributed by atoms with Gasteiger partial charge in [0.05, 0.1) is 16.8 Å². The van der Waals surface area contributed by atoms with Crippen molar-refractivity contribution in [2.75, 3.05) is 18.0 Å². The Morgan fingerprint density at radius 1 is 1.35 bits per heavy atom. The van der Waals surface area contributed by atoms with Crippen molar-refractivity contribution in [3.05, 3.63) is 45.0 Å². The van der Waals surface area contributed by atoms with Crippen molar-refractivity contribution in [2.45, 2.75) is 19.4 Å². The highest BCUT2D eigenvalue weighted by atomic mass is 32.1. The van der Waals surface area contributed by atoms with E-state index in [2.05, 4.69) is 10.00 Å². The number of nitrogens with zero attached hydrogens (tertiary/aromatic N) is 3. The summed E-state index contributed by atoms with van der Waals surface area (Å²) in [5, 5.41) is 5.97. The summed E-state index contributed by atoms with van der Waals surface area (Å²) in [4.78, 5) is 26.8. The van der Waals surface area contributed by atoms with E-state index in [1.807, 2.05) is 11.4 Å². The number of ketones is 1. The van der Waals surface area contributed by atoms with E-state index >= 15 is 0 Å². The van der Waals surface area contributed by atoms with Crippen molar-refractivity contribution in [3.8, 4) is 0 Å². The Morgan fingerprint density at radius 2 is 2.15 bits per heavy atom. The van der Waals surface area contributed by atoms with Gasteiger partial charge in [-0.25, -0.2) is 4.68 Å². The van der Waals surface area contributed by atoms with Crippen LogP contribution in [0.1, 0.15) is 22.5 Å². The smallest absolute Gasteiger partial charge is 0.269 e. The second-order valence-corrected chi connectivity index (χ2v) is 5.75. The molecule has 2 aromatic rings. The van der Waals surface area contributed by atoms with E-state index in [4.69, 9.17) is 0 Å². The highest BCUT2D eigenvalue weighted by Crippen LogP contribution is 2.17. The zero-order chi connectivity index (χ0) is 13.9. The highest BCUT2D eigenvalue weighted by molar-refractivity contribution is 7.12. The molecule has 1 aliphatic heterocycles. The minimum absolute atomic E-state index is 0.000370.